The highest BCUT2D eigenvalue weighted by Crippen LogP contribution is 2.21. The van der Waals surface area contributed by atoms with Gasteiger partial charge in [0.25, 0.3) is 0 Å². The van der Waals surface area contributed by atoms with Gasteiger partial charge in [0.1, 0.15) is 0 Å². The van der Waals surface area contributed by atoms with E-state index in [-0.39, 0.29) is 5.92 Å². The van der Waals surface area contributed by atoms with E-state index in [1.807, 2.05) is 6.07 Å². The normalized spacial score (nSPS) is 12.4. The Hall–Kier alpha value is -1.11. The smallest absolute Gasteiger partial charge is 0.165 e. The zero-order valence-corrected chi connectivity index (χ0v) is 13.0. The average molecular weight is 260 g/mol. The Balaban J connectivity index is 2.91. The highest BCUT2D eigenvalue weighted by Gasteiger charge is 2.18. The topological polar surface area (TPSA) is 17.1 Å². The van der Waals surface area contributed by atoms with Crippen molar-refractivity contribution in [3.8, 4) is 0 Å². The van der Waals surface area contributed by atoms with Crippen molar-refractivity contribution in [1.82, 2.24) is 0 Å². The van der Waals surface area contributed by atoms with Crippen molar-refractivity contribution < 1.29 is 4.79 Å². The Kier molecular flexibility index (Phi) is 6.83. The van der Waals surface area contributed by atoms with Crippen LogP contribution in [0.1, 0.15) is 74.9 Å². The van der Waals surface area contributed by atoms with Gasteiger partial charge in [-0.3, -0.25) is 4.79 Å². The van der Waals surface area contributed by atoms with Crippen LogP contribution in [-0.2, 0) is 12.8 Å². The zero-order valence-electron chi connectivity index (χ0n) is 13.0. The molecule has 1 aromatic carbocycles. The van der Waals surface area contributed by atoms with Crippen molar-refractivity contribution in [2.45, 2.75) is 66.2 Å². The van der Waals surface area contributed by atoms with E-state index in [9.17, 15) is 4.79 Å². The van der Waals surface area contributed by atoms with Crippen LogP contribution in [0.5, 0.6) is 0 Å². The number of aryl methyl sites for hydroxylation is 2. The lowest BCUT2D eigenvalue weighted by atomic mass is 9.88. The molecule has 1 unspecified atom stereocenters. The second-order valence-corrected chi connectivity index (χ2v) is 5.30. The van der Waals surface area contributed by atoms with Crippen molar-refractivity contribution in [1.29, 1.82) is 0 Å². The largest absolute Gasteiger partial charge is 0.294 e. The zero-order chi connectivity index (χ0) is 14.3. The fourth-order valence-electron chi connectivity index (χ4n) is 2.66. The lowest BCUT2D eigenvalue weighted by Crippen LogP contribution is -2.14. The highest BCUT2D eigenvalue weighted by atomic mass is 16.1. The predicted octanol–water partition coefficient (Wildman–Crippen LogP) is 5.21. The Labute approximate surface area is 118 Å². The summed E-state index contributed by atoms with van der Waals surface area (Å²) in [6.07, 6.45) is 6.36. The third-order valence-corrected chi connectivity index (χ3v) is 4.02. The van der Waals surface area contributed by atoms with Crippen molar-refractivity contribution in [2.75, 3.05) is 0 Å². The number of benzene rings is 1. The summed E-state index contributed by atoms with van der Waals surface area (Å²) >= 11 is 0. The van der Waals surface area contributed by atoms with E-state index in [1.54, 1.807) is 0 Å². The van der Waals surface area contributed by atoms with Crippen molar-refractivity contribution in [3.63, 3.8) is 0 Å². The third kappa shape index (κ3) is 4.19. The molecule has 19 heavy (non-hydrogen) atoms. The lowest BCUT2D eigenvalue weighted by Gasteiger charge is -2.15. The number of unbranched alkanes of at least 4 members (excludes halogenated alkanes) is 1. The van der Waals surface area contributed by atoms with Gasteiger partial charge in [0.15, 0.2) is 5.78 Å². The molecule has 1 atom stereocenters. The van der Waals surface area contributed by atoms with Gasteiger partial charge in [0.05, 0.1) is 0 Å². The summed E-state index contributed by atoms with van der Waals surface area (Å²) in [5.74, 6) is 0.547. The number of Topliss-reactive ketones (excluding diaryl/α,β-unsaturated/α-hetero) is 1. The SMILES string of the molecule is CCCCC(CC)C(=O)c1ccc(CC)c(CC)c1. The minimum Gasteiger partial charge on any atom is -0.294 e. The third-order valence-electron chi connectivity index (χ3n) is 4.02. The van der Waals surface area contributed by atoms with Crippen LogP contribution in [0.15, 0.2) is 18.2 Å². The molecule has 0 aliphatic carbocycles. The standard InChI is InChI=1S/C18H28O/c1-5-9-10-15(7-3)18(19)17-12-11-14(6-2)16(8-4)13-17/h11-13,15H,5-10H2,1-4H3. The van der Waals surface area contributed by atoms with E-state index in [1.165, 1.54) is 17.5 Å². The summed E-state index contributed by atoms with van der Waals surface area (Å²) in [7, 11) is 0. The average Bonchev–Trinajstić information content (AvgIpc) is 2.46. The summed E-state index contributed by atoms with van der Waals surface area (Å²) in [5.41, 5.74) is 3.62. The molecule has 0 heterocycles. The molecule has 0 N–H and O–H groups in total. The van der Waals surface area contributed by atoms with Gasteiger partial charge in [0.2, 0.25) is 0 Å². The molecule has 0 aromatic heterocycles. The molecular formula is C18H28O. The maximum Gasteiger partial charge on any atom is 0.165 e. The molecule has 0 saturated heterocycles. The first-order valence-corrected chi connectivity index (χ1v) is 7.83. The van der Waals surface area contributed by atoms with E-state index in [0.717, 1.165) is 37.7 Å². The quantitative estimate of drug-likeness (QED) is 0.586. The monoisotopic (exact) mass is 260 g/mol. The molecule has 1 aromatic rings. The van der Waals surface area contributed by atoms with Crippen LogP contribution < -0.4 is 0 Å². The van der Waals surface area contributed by atoms with Gasteiger partial charge in [-0.2, -0.15) is 0 Å². The lowest BCUT2D eigenvalue weighted by molar-refractivity contribution is 0.0908. The first-order valence-electron chi connectivity index (χ1n) is 7.83. The van der Waals surface area contributed by atoms with E-state index in [2.05, 4.69) is 39.8 Å². The minimum absolute atomic E-state index is 0.206. The van der Waals surface area contributed by atoms with Gasteiger partial charge in [0, 0.05) is 11.5 Å². The van der Waals surface area contributed by atoms with Crippen molar-refractivity contribution in [2.24, 2.45) is 5.92 Å². The van der Waals surface area contributed by atoms with Gasteiger partial charge in [-0.15, -0.1) is 0 Å². The number of rotatable bonds is 8. The van der Waals surface area contributed by atoms with E-state index in [0.29, 0.717) is 5.78 Å². The van der Waals surface area contributed by atoms with Crippen LogP contribution in [0.4, 0.5) is 0 Å². The summed E-state index contributed by atoms with van der Waals surface area (Å²) in [4.78, 5) is 12.5. The summed E-state index contributed by atoms with van der Waals surface area (Å²) < 4.78 is 0. The van der Waals surface area contributed by atoms with Crippen LogP contribution in [0, 0.1) is 5.92 Å². The van der Waals surface area contributed by atoms with Crippen LogP contribution in [0.2, 0.25) is 0 Å². The molecule has 106 valence electrons. The molecule has 1 rings (SSSR count). The molecule has 0 aliphatic heterocycles. The number of ketones is 1. The van der Waals surface area contributed by atoms with Gasteiger partial charge in [-0.05, 0) is 42.9 Å². The molecule has 0 saturated carbocycles. The Bertz CT molecular complexity index is 406. The molecular weight excluding hydrogens is 232 g/mol. The fourth-order valence-corrected chi connectivity index (χ4v) is 2.66. The van der Waals surface area contributed by atoms with Crippen LogP contribution in [-0.4, -0.2) is 5.78 Å². The highest BCUT2D eigenvalue weighted by molar-refractivity contribution is 5.98. The maximum absolute atomic E-state index is 12.5. The molecule has 0 aliphatic rings. The minimum atomic E-state index is 0.206. The number of hydrogen-bond donors (Lipinski definition) is 0. The molecule has 0 bridgehead atoms. The van der Waals surface area contributed by atoms with Gasteiger partial charge in [-0.1, -0.05) is 52.7 Å². The molecule has 1 heteroatoms. The molecule has 1 nitrogen and oxygen atoms in total. The van der Waals surface area contributed by atoms with Crippen molar-refractivity contribution in [3.05, 3.63) is 34.9 Å². The van der Waals surface area contributed by atoms with E-state index in [4.69, 9.17) is 0 Å². The van der Waals surface area contributed by atoms with E-state index < -0.39 is 0 Å². The van der Waals surface area contributed by atoms with E-state index >= 15 is 0 Å². The Morgan fingerprint density at radius 3 is 2.26 bits per heavy atom. The Morgan fingerprint density at radius 2 is 1.74 bits per heavy atom. The molecule has 0 fully saturated rings. The second-order valence-electron chi connectivity index (χ2n) is 5.30. The summed E-state index contributed by atoms with van der Waals surface area (Å²) in [6, 6.07) is 6.28. The molecule has 0 radical (unpaired) electrons. The van der Waals surface area contributed by atoms with Gasteiger partial charge in [-0.25, -0.2) is 0 Å². The molecule has 0 spiro atoms. The number of carbonyl (C=O) groups excluding carboxylic acids is 1. The number of carbonyl (C=O) groups is 1. The van der Waals surface area contributed by atoms with Crippen LogP contribution in [0.25, 0.3) is 0 Å². The van der Waals surface area contributed by atoms with Crippen LogP contribution >= 0.6 is 0 Å². The Morgan fingerprint density at radius 1 is 1.05 bits per heavy atom. The maximum atomic E-state index is 12.5. The van der Waals surface area contributed by atoms with Gasteiger partial charge >= 0.3 is 0 Å². The summed E-state index contributed by atoms with van der Waals surface area (Å²) in [6.45, 7) is 8.64. The second kappa shape index (κ2) is 8.14. The van der Waals surface area contributed by atoms with Gasteiger partial charge < -0.3 is 0 Å². The summed E-state index contributed by atoms with van der Waals surface area (Å²) in [5, 5.41) is 0. The molecule has 0 amide bonds. The predicted molar refractivity (Wildman–Crippen MR) is 82.8 cm³/mol. The first kappa shape index (κ1) is 15.9. The number of hydrogen-bond acceptors (Lipinski definition) is 1. The first-order chi connectivity index (χ1) is 9.17. The van der Waals surface area contributed by atoms with Crippen molar-refractivity contribution >= 4 is 5.78 Å². The fraction of sp³-hybridized carbons (Fsp3) is 0.611. The van der Waals surface area contributed by atoms with Crippen LogP contribution in [0.3, 0.4) is 0 Å².